The van der Waals surface area contributed by atoms with Crippen molar-refractivity contribution in [2.24, 2.45) is 0 Å². The van der Waals surface area contributed by atoms with E-state index in [1.54, 1.807) is 24.3 Å². The lowest BCUT2D eigenvalue weighted by molar-refractivity contribution is 0.0647. The Hall–Kier alpha value is -9.45. The first kappa shape index (κ1) is 42.9. The van der Waals surface area contributed by atoms with Crippen molar-refractivity contribution in [1.29, 1.82) is 0 Å². The van der Waals surface area contributed by atoms with E-state index in [1.807, 2.05) is 31.2 Å². The molecule has 17 heteroatoms. The van der Waals surface area contributed by atoms with E-state index in [0.717, 1.165) is 31.2 Å². The fourth-order valence-corrected chi connectivity index (χ4v) is 10.6. The first-order chi connectivity index (χ1) is 34.0. The molecule has 344 valence electrons. The number of hydrogen-bond donors (Lipinski definition) is 1. The van der Waals surface area contributed by atoms with Crippen LogP contribution in [0.25, 0.3) is 32.7 Å². The Labute approximate surface area is 401 Å². The van der Waals surface area contributed by atoms with Gasteiger partial charge in [0.25, 0.3) is 57.4 Å². The molecule has 0 aliphatic carbocycles. The lowest BCUT2D eigenvalue weighted by atomic mass is 9.85. The molecule has 0 fully saturated rings. The number of aryl methyl sites for hydroxylation is 1. The third kappa shape index (κ3) is 6.16. The quantitative estimate of drug-likeness (QED) is 0.117. The summed E-state index contributed by atoms with van der Waals surface area (Å²) < 4.78 is 42.5. The zero-order valence-electron chi connectivity index (χ0n) is 36.9. The van der Waals surface area contributed by atoms with Crippen molar-refractivity contribution in [3.05, 3.63) is 190 Å². The molecule has 4 aliphatic heterocycles. The number of hydrogen-bond acceptors (Lipinski definition) is 11. The average molecular weight is 959 g/mol. The zero-order valence-corrected chi connectivity index (χ0v) is 37.7. The summed E-state index contributed by atoms with van der Waals surface area (Å²) in [5.41, 5.74) is 1.93. The predicted octanol–water partition coefficient (Wildman–Crippen LogP) is 8.64. The van der Waals surface area contributed by atoms with Crippen LogP contribution in [-0.2, 0) is 10.1 Å². The van der Waals surface area contributed by atoms with Gasteiger partial charge in [0.2, 0.25) is 0 Å². The van der Waals surface area contributed by atoms with Gasteiger partial charge in [0.15, 0.2) is 0 Å². The summed E-state index contributed by atoms with van der Waals surface area (Å²) in [4.78, 5) is 114. The molecule has 8 aromatic rings. The first-order valence-electron chi connectivity index (χ1n) is 21.8. The second-order valence-corrected chi connectivity index (χ2v) is 18.7. The third-order valence-electron chi connectivity index (χ3n) is 13.3. The highest BCUT2D eigenvalue weighted by Crippen LogP contribution is 2.43. The van der Waals surface area contributed by atoms with Gasteiger partial charge in [0.1, 0.15) is 16.4 Å². The Balaban J connectivity index is 0.837. The molecule has 12 rings (SSSR count). The summed E-state index contributed by atoms with van der Waals surface area (Å²) in [7, 11) is -3.73. The van der Waals surface area contributed by atoms with Gasteiger partial charge in [-0.3, -0.25) is 47.8 Å². The summed E-state index contributed by atoms with van der Waals surface area (Å²) in [6, 6.07) is 34.3. The van der Waals surface area contributed by atoms with E-state index in [9.17, 15) is 51.3 Å². The van der Waals surface area contributed by atoms with Gasteiger partial charge in [0.05, 0.1) is 17.1 Å². The Morgan fingerprint density at radius 3 is 1.04 bits per heavy atom. The number of ether oxygens (including phenoxy) is 1. The van der Waals surface area contributed by atoms with Crippen molar-refractivity contribution in [3.8, 4) is 22.6 Å². The van der Waals surface area contributed by atoms with Crippen LogP contribution in [-0.4, -0.2) is 72.2 Å². The van der Waals surface area contributed by atoms with E-state index in [2.05, 4.69) is 0 Å². The monoisotopic (exact) mass is 958 g/mol. The molecule has 0 atom stereocenters. The van der Waals surface area contributed by atoms with Crippen molar-refractivity contribution in [3.63, 3.8) is 0 Å². The van der Waals surface area contributed by atoms with Crippen LogP contribution in [0, 0.1) is 6.92 Å². The van der Waals surface area contributed by atoms with Crippen LogP contribution in [0.4, 0.5) is 17.1 Å². The van der Waals surface area contributed by atoms with Gasteiger partial charge >= 0.3 is 0 Å². The van der Waals surface area contributed by atoms with Crippen LogP contribution in [0.15, 0.2) is 144 Å². The summed E-state index contributed by atoms with van der Waals surface area (Å²) in [6.07, 6.45) is 0. The van der Waals surface area contributed by atoms with Gasteiger partial charge in [-0.25, -0.2) is 14.7 Å². The number of nitrogens with zero attached hydrogens (tertiary/aromatic N) is 4. The summed E-state index contributed by atoms with van der Waals surface area (Å²) in [5, 5.41) is 0.592. The SMILES string of the molecule is Cc1ccc(Oc2ccc(N3C(=O)c4ccc5c6c(ccc(c46)C3=O)C(=O)N(c3ccc(-c4ccc(N6C(=O)c7ccc8c9c(ccc(c79)C6=O)C(=O)N(C)C8=O)cc4S(=O)(=O)O)cc3)C5=O)cc2)cc1. The molecule has 0 unspecified atom stereocenters. The molecular formula is C54H30N4O12S. The van der Waals surface area contributed by atoms with E-state index in [1.165, 1.54) is 92.0 Å². The number of anilines is 3. The van der Waals surface area contributed by atoms with E-state index in [4.69, 9.17) is 4.74 Å². The molecule has 0 radical (unpaired) electrons. The van der Waals surface area contributed by atoms with Crippen LogP contribution < -0.4 is 19.4 Å². The number of benzene rings is 8. The molecule has 4 heterocycles. The largest absolute Gasteiger partial charge is 0.457 e. The Morgan fingerprint density at radius 1 is 0.380 bits per heavy atom. The highest BCUT2D eigenvalue weighted by molar-refractivity contribution is 7.86. The molecule has 0 bridgehead atoms. The fourth-order valence-electron chi connectivity index (χ4n) is 9.87. The smallest absolute Gasteiger partial charge is 0.295 e. The molecule has 8 amide bonds. The summed E-state index contributed by atoms with van der Waals surface area (Å²) in [6.45, 7) is 1.96. The lowest BCUT2D eigenvalue weighted by Crippen LogP contribution is -2.43. The minimum absolute atomic E-state index is 0.0142. The maximum absolute atomic E-state index is 14.3. The van der Waals surface area contributed by atoms with Crippen LogP contribution in [0.1, 0.15) is 88.4 Å². The Morgan fingerprint density at radius 2 is 0.676 bits per heavy atom. The van der Waals surface area contributed by atoms with E-state index < -0.39 is 62.3 Å². The Bertz CT molecular complexity index is 3880. The third-order valence-corrected chi connectivity index (χ3v) is 14.2. The van der Waals surface area contributed by atoms with E-state index in [-0.39, 0.29) is 94.2 Å². The van der Waals surface area contributed by atoms with Crippen LogP contribution >= 0.6 is 0 Å². The standard InChI is InChI=1S/C54H30N4O12S/c1-26-3-12-31(13-4-26)70-32-14-9-29(10-15-32)57-51(63)38-23-21-36-45-37(22-24-39(46(38)45)52(57)64)50(62)56(49(36)61)28-7-5-27(6-8-28)33-16-11-30(25-42(33)71(67,68)69)58-53(65)40-19-17-34-43-35(48(60)55(2)47(34)59)18-20-41(44(40)43)54(58)66/h3-25H,1-2H3,(H,67,68,69). The number of carbonyl (C=O) groups is 8. The van der Waals surface area contributed by atoms with E-state index >= 15 is 0 Å². The van der Waals surface area contributed by atoms with Crippen LogP contribution in [0.3, 0.4) is 0 Å². The minimum Gasteiger partial charge on any atom is -0.457 e. The molecular weight excluding hydrogens is 929 g/mol. The maximum Gasteiger partial charge on any atom is 0.295 e. The molecule has 0 saturated carbocycles. The maximum atomic E-state index is 14.3. The summed E-state index contributed by atoms with van der Waals surface area (Å²) >= 11 is 0. The highest BCUT2D eigenvalue weighted by Gasteiger charge is 2.42. The predicted molar refractivity (Wildman–Crippen MR) is 257 cm³/mol. The lowest BCUT2D eigenvalue weighted by Gasteiger charge is -2.32. The molecule has 71 heavy (non-hydrogen) atoms. The zero-order chi connectivity index (χ0) is 49.5. The summed E-state index contributed by atoms with van der Waals surface area (Å²) in [5.74, 6) is -4.67. The van der Waals surface area contributed by atoms with E-state index in [0.29, 0.717) is 11.5 Å². The normalized spacial score (nSPS) is 15.2. The van der Waals surface area contributed by atoms with Crippen LogP contribution in [0.2, 0.25) is 0 Å². The molecule has 4 aliphatic rings. The van der Waals surface area contributed by atoms with Gasteiger partial charge in [-0.15, -0.1) is 0 Å². The first-order valence-corrected chi connectivity index (χ1v) is 23.2. The van der Waals surface area contributed by atoms with Gasteiger partial charge in [-0.05, 0) is 122 Å². The second kappa shape index (κ2) is 15.0. The molecule has 8 aromatic carbocycles. The topological polar surface area (TPSA) is 213 Å². The van der Waals surface area contributed by atoms with Crippen molar-refractivity contribution in [2.75, 3.05) is 21.7 Å². The average Bonchev–Trinajstić information content (AvgIpc) is 3.36. The number of amides is 8. The van der Waals surface area contributed by atoms with Gasteiger partial charge in [-0.1, -0.05) is 35.9 Å². The van der Waals surface area contributed by atoms with Gasteiger partial charge in [-0.2, -0.15) is 8.42 Å². The van der Waals surface area contributed by atoms with Crippen LogP contribution in [0.5, 0.6) is 11.5 Å². The van der Waals surface area contributed by atoms with Crippen molar-refractivity contribution in [1.82, 2.24) is 4.90 Å². The molecule has 0 aromatic heterocycles. The molecule has 0 saturated heterocycles. The molecule has 0 spiro atoms. The second-order valence-electron chi connectivity index (χ2n) is 17.3. The Kier molecular flexibility index (Phi) is 9.07. The van der Waals surface area contributed by atoms with Crippen molar-refractivity contribution >= 4 is 96.0 Å². The highest BCUT2D eigenvalue weighted by atomic mass is 32.2. The van der Waals surface area contributed by atoms with Gasteiger partial charge < -0.3 is 4.74 Å². The number of carbonyl (C=O) groups excluding carboxylic acids is 8. The minimum atomic E-state index is -5.06. The molecule has 1 N–H and O–H groups in total. The number of imide groups is 4. The van der Waals surface area contributed by atoms with Gasteiger partial charge in [0, 0.05) is 78.7 Å². The number of rotatable bonds is 7. The fraction of sp³-hybridized carbons (Fsp3) is 0.0370. The van der Waals surface area contributed by atoms with Crippen molar-refractivity contribution < 1.29 is 56.1 Å². The van der Waals surface area contributed by atoms with Crippen molar-refractivity contribution in [2.45, 2.75) is 11.8 Å². The molecule has 16 nitrogen and oxygen atoms in total.